The fourth-order valence-corrected chi connectivity index (χ4v) is 1.38. The van der Waals surface area contributed by atoms with Crippen LogP contribution >= 0.6 is 0 Å². The summed E-state index contributed by atoms with van der Waals surface area (Å²) in [6.45, 7) is 3.64. The molecule has 0 bridgehead atoms. The number of benzene rings is 1. The lowest BCUT2D eigenvalue weighted by atomic mass is 10.2. The summed E-state index contributed by atoms with van der Waals surface area (Å²) in [5, 5.41) is 8.66. The Morgan fingerprint density at radius 1 is 1.25 bits per heavy atom. The largest absolute Gasteiger partial charge is 0.338 e. The topological polar surface area (TPSA) is 53.2 Å². The Balaban J connectivity index is 2.26. The number of urea groups is 1. The van der Waals surface area contributed by atoms with Gasteiger partial charge in [-0.3, -0.25) is 0 Å². The maximum atomic E-state index is 11.5. The first-order valence-corrected chi connectivity index (χ1v) is 5.47. The number of hydrogen-bond donors (Lipinski definition) is 3. The van der Waals surface area contributed by atoms with Gasteiger partial charge in [0.2, 0.25) is 0 Å². The molecule has 4 nitrogen and oxygen atoms in total. The van der Waals surface area contributed by atoms with Crippen LogP contribution in [0.3, 0.4) is 0 Å². The number of anilines is 1. The van der Waals surface area contributed by atoms with E-state index in [0.29, 0.717) is 12.5 Å². The highest BCUT2D eigenvalue weighted by atomic mass is 16.2. The molecule has 88 valence electrons. The predicted molar refractivity (Wildman–Crippen MR) is 66.6 cm³/mol. The standard InChI is InChI=1S/C12H19N3O/c1-10(8-13-2)9-14-12(16)15-11-6-4-3-5-7-11/h3-7,10,13H,8-9H2,1-2H3,(H2,14,15,16). The second kappa shape index (κ2) is 6.85. The number of para-hydroxylation sites is 1. The van der Waals surface area contributed by atoms with E-state index in [1.54, 1.807) is 0 Å². The zero-order chi connectivity index (χ0) is 11.8. The minimum absolute atomic E-state index is 0.158. The van der Waals surface area contributed by atoms with Gasteiger partial charge in [0, 0.05) is 12.2 Å². The molecule has 1 unspecified atom stereocenters. The highest BCUT2D eigenvalue weighted by molar-refractivity contribution is 5.89. The molecular weight excluding hydrogens is 202 g/mol. The number of nitrogens with one attached hydrogen (secondary N) is 3. The zero-order valence-corrected chi connectivity index (χ0v) is 9.79. The van der Waals surface area contributed by atoms with Crippen LogP contribution in [0.2, 0.25) is 0 Å². The molecule has 4 heteroatoms. The monoisotopic (exact) mass is 221 g/mol. The van der Waals surface area contributed by atoms with E-state index >= 15 is 0 Å². The number of amides is 2. The Hall–Kier alpha value is -1.55. The molecular formula is C12H19N3O. The highest BCUT2D eigenvalue weighted by Crippen LogP contribution is 2.04. The van der Waals surface area contributed by atoms with Gasteiger partial charge in [0.1, 0.15) is 0 Å². The Morgan fingerprint density at radius 3 is 2.56 bits per heavy atom. The summed E-state index contributed by atoms with van der Waals surface area (Å²) < 4.78 is 0. The van der Waals surface area contributed by atoms with Crippen molar-refractivity contribution in [3.8, 4) is 0 Å². The molecule has 0 saturated heterocycles. The van der Waals surface area contributed by atoms with Crippen molar-refractivity contribution in [1.82, 2.24) is 10.6 Å². The Labute approximate surface area is 96.4 Å². The van der Waals surface area contributed by atoms with E-state index in [1.807, 2.05) is 37.4 Å². The summed E-state index contributed by atoms with van der Waals surface area (Å²) in [6, 6.07) is 9.25. The molecule has 1 rings (SSSR count). The van der Waals surface area contributed by atoms with E-state index in [4.69, 9.17) is 0 Å². The van der Waals surface area contributed by atoms with Crippen LogP contribution in [0, 0.1) is 5.92 Å². The van der Waals surface area contributed by atoms with Crippen molar-refractivity contribution >= 4 is 11.7 Å². The van der Waals surface area contributed by atoms with Crippen molar-refractivity contribution in [3.05, 3.63) is 30.3 Å². The third kappa shape index (κ3) is 4.79. The summed E-state index contributed by atoms with van der Waals surface area (Å²) in [5.41, 5.74) is 0.807. The van der Waals surface area contributed by atoms with E-state index < -0.39 is 0 Å². The SMILES string of the molecule is CNCC(C)CNC(=O)Nc1ccccc1. The van der Waals surface area contributed by atoms with Gasteiger partial charge in [-0.25, -0.2) is 4.79 Å². The first-order valence-electron chi connectivity index (χ1n) is 5.47. The first kappa shape index (κ1) is 12.5. The summed E-state index contributed by atoms with van der Waals surface area (Å²) >= 11 is 0. The number of rotatable bonds is 5. The van der Waals surface area contributed by atoms with Crippen molar-refractivity contribution < 1.29 is 4.79 Å². The van der Waals surface area contributed by atoms with Gasteiger partial charge in [0.25, 0.3) is 0 Å². The van der Waals surface area contributed by atoms with Crippen LogP contribution in [0.25, 0.3) is 0 Å². The fourth-order valence-electron chi connectivity index (χ4n) is 1.38. The van der Waals surface area contributed by atoms with Crippen molar-refractivity contribution in [3.63, 3.8) is 0 Å². The summed E-state index contributed by atoms with van der Waals surface area (Å²) in [4.78, 5) is 11.5. The van der Waals surface area contributed by atoms with Gasteiger partial charge >= 0.3 is 6.03 Å². The molecule has 0 fully saturated rings. The normalized spacial score (nSPS) is 11.9. The molecule has 1 atom stereocenters. The molecule has 16 heavy (non-hydrogen) atoms. The number of carbonyl (C=O) groups excluding carboxylic acids is 1. The molecule has 0 saturated carbocycles. The third-order valence-electron chi connectivity index (χ3n) is 2.20. The average molecular weight is 221 g/mol. The van der Waals surface area contributed by atoms with Gasteiger partial charge in [0.15, 0.2) is 0 Å². The van der Waals surface area contributed by atoms with Gasteiger partial charge in [-0.15, -0.1) is 0 Å². The van der Waals surface area contributed by atoms with Gasteiger partial charge in [-0.05, 0) is 31.6 Å². The lowest BCUT2D eigenvalue weighted by Gasteiger charge is -2.12. The van der Waals surface area contributed by atoms with Crippen molar-refractivity contribution in [1.29, 1.82) is 0 Å². The number of carbonyl (C=O) groups is 1. The van der Waals surface area contributed by atoms with E-state index in [-0.39, 0.29) is 6.03 Å². The summed E-state index contributed by atoms with van der Waals surface area (Å²) in [7, 11) is 1.90. The maximum Gasteiger partial charge on any atom is 0.319 e. The van der Waals surface area contributed by atoms with E-state index in [2.05, 4.69) is 22.9 Å². The molecule has 1 aromatic carbocycles. The third-order valence-corrected chi connectivity index (χ3v) is 2.20. The molecule has 0 spiro atoms. The molecule has 0 aliphatic rings. The average Bonchev–Trinajstić information content (AvgIpc) is 2.28. The van der Waals surface area contributed by atoms with E-state index in [9.17, 15) is 4.79 Å². The molecule has 1 aromatic rings. The van der Waals surface area contributed by atoms with Crippen LogP contribution < -0.4 is 16.0 Å². The van der Waals surface area contributed by atoms with Crippen LogP contribution in [0.4, 0.5) is 10.5 Å². The van der Waals surface area contributed by atoms with E-state index in [0.717, 1.165) is 12.2 Å². The van der Waals surface area contributed by atoms with Crippen LogP contribution in [-0.2, 0) is 0 Å². The van der Waals surface area contributed by atoms with Crippen LogP contribution in [0.15, 0.2) is 30.3 Å². The Kier molecular flexibility index (Phi) is 5.36. The van der Waals surface area contributed by atoms with Gasteiger partial charge < -0.3 is 16.0 Å². The van der Waals surface area contributed by atoms with Gasteiger partial charge in [-0.1, -0.05) is 25.1 Å². The van der Waals surface area contributed by atoms with Crippen molar-refractivity contribution in [2.24, 2.45) is 5.92 Å². The quantitative estimate of drug-likeness (QED) is 0.708. The first-order chi connectivity index (χ1) is 7.72. The van der Waals surface area contributed by atoms with Crippen LogP contribution in [-0.4, -0.2) is 26.2 Å². The van der Waals surface area contributed by atoms with Crippen LogP contribution in [0.5, 0.6) is 0 Å². The van der Waals surface area contributed by atoms with Crippen molar-refractivity contribution in [2.75, 3.05) is 25.5 Å². The van der Waals surface area contributed by atoms with E-state index in [1.165, 1.54) is 0 Å². The van der Waals surface area contributed by atoms with Gasteiger partial charge in [0.05, 0.1) is 0 Å². The number of hydrogen-bond acceptors (Lipinski definition) is 2. The predicted octanol–water partition coefficient (Wildman–Crippen LogP) is 1.66. The van der Waals surface area contributed by atoms with Crippen LogP contribution in [0.1, 0.15) is 6.92 Å². The minimum atomic E-state index is -0.158. The molecule has 0 radical (unpaired) electrons. The second-order valence-electron chi connectivity index (χ2n) is 3.86. The van der Waals surface area contributed by atoms with Crippen molar-refractivity contribution in [2.45, 2.75) is 6.92 Å². The Bertz CT molecular complexity index is 313. The highest BCUT2D eigenvalue weighted by Gasteiger charge is 2.04. The zero-order valence-electron chi connectivity index (χ0n) is 9.79. The molecule has 0 aliphatic carbocycles. The molecule has 3 N–H and O–H groups in total. The second-order valence-corrected chi connectivity index (χ2v) is 3.86. The van der Waals surface area contributed by atoms with Gasteiger partial charge in [-0.2, -0.15) is 0 Å². The Morgan fingerprint density at radius 2 is 1.94 bits per heavy atom. The smallest absolute Gasteiger partial charge is 0.319 e. The molecule has 0 aromatic heterocycles. The lowest BCUT2D eigenvalue weighted by Crippen LogP contribution is -2.35. The summed E-state index contributed by atoms with van der Waals surface area (Å²) in [6.07, 6.45) is 0. The minimum Gasteiger partial charge on any atom is -0.338 e. The summed E-state index contributed by atoms with van der Waals surface area (Å²) in [5.74, 6) is 0.423. The fraction of sp³-hybridized carbons (Fsp3) is 0.417. The molecule has 0 aliphatic heterocycles. The maximum absolute atomic E-state index is 11.5. The molecule has 0 heterocycles. The molecule has 2 amide bonds. The lowest BCUT2D eigenvalue weighted by molar-refractivity contribution is 0.250.